The number of anilines is 2. The molecule has 8 heteroatoms. The third-order valence-corrected chi connectivity index (χ3v) is 5.83. The van der Waals surface area contributed by atoms with Gasteiger partial charge in [-0.15, -0.1) is 0 Å². The van der Waals surface area contributed by atoms with Crippen LogP contribution in [0.25, 0.3) is 0 Å². The van der Waals surface area contributed by atoms with Crippen LogP contribution >= 0.6 is 0 Å². The molecule has 0 aromatic heterocycles. The molecule has 3 rings (SSSR count). The maximum atomic E-state index is 12.5. The molecular weight excluding hydrogens is 434 g/mol. The Morgan fingerprint density at radius 3 is 2.38 bits per heavy atom. The number of nitrogens with one attached hydrogen (secondary N) is 1. The summed E-state index contributed by atoms with van der Waals surface area (Å²) in [6.07, 6.45) is 1.24. The van der Waals surface area contributed by atoms with E-state index in [1.165, 1.54) is 4.90 Å². The predicted octanol–water partition coefficient (Wildman–Crippen LogP) is 4.96. The number of carbonyl (C=O) groups is 2. The summed E-state index contributed by atoms with van der Waals surface area (Å²) < 4.78 is 11.9. The van der Waals surface area contributed by atoms with Crippen LogP contribution in [0.4, 0.5) is 16.2 Å². The molecule has 2 atom stereocenters. The Morgan fingerprint density at radius 1 is 1.15 bits per heavy atom. The number of hydrogen-bond acceptors (Lipinski definition) is 5. The minimum absolute atomic E-state index is 0.191. The van der Waals surface area contributed by atoms with Crippen LogP contribution in [0.1, 0.15) is 56.0 Å². The molecule has 0 bridgehead atoms. The standard InChI is InChI=1S/C26H35N3O5/c1-26(2,3)22(34-23-6-4-5-15-33-23)17-29(25(31)32)16-18-7-9-19(10-8-18)24(30)28-21-13-11-20(27)12-14-21/h7-14,22-23H,4-6,15-17,27H2,1-3H3,(H,28,30)(H,31,32). The van der Waals surface area contributed by atoms with Gasteiger partial charge in [-0.25, -0.2) is 4.79 Å². The van der Waals surface area contributed by atoms with Crippen LogP contribution in [-0.2, 0) is 16.0 Å². The molecule has 1 saturated heterocycles. The molecule has 0 radical (unpaired) electrons. The van der Waals surface area contributed by atoms with Crippen molar-refractivity contribution in [1.82, 2.24) is 4.90 Å². The lowest BCUT2D eigenvalue weighted by Crippen LogP contribution is -2.45. The van der Waals surface area contributed by atoms with Crippen molar-refractivity contribution in [1.29, 1.82) is 0 Å². The Kier molecular flexibility index (Phi) is 8.52. The van der Waals surface area contributed by atoms with Crippen molar-refractivity contribution in [2.45, 2.75) is 59.0 Å². The van der Waals surface area contributed by atoms with E-state index in [-0.39, 0.29) is 36.8 Å². The Hall–Kier alpha value is -3.10. The number of nitrogens with two attached hydrogens (primary N) is 1. The van der Waals surface area contributed by atoms with Crippen LogP contribution < -0.4 is 11.1 Å². The molecular formula is C26H35N3O5. The van der Waals surface area contributed by atoms with E-state index in [0.29, 0.717) is 23.5 Å². The monoisotopic (exact) mass is 469 g/mol. The number of carbonyl (C=O) groups excluding carboxylic acids is 1. The first-order valence-electron chi connectivity index (χ1n) is 11.6. The average Bonchev–Trinajstić information content (AvgIpc) is 2.80. The van der Waals surface area contributed by atoms with Crippen molar-refractivity contribution in [2.75, 3.05) is 24.2 Å². The molecule has 0 aliphatic carbocycles. The van der Waals surface area contributed by atoms with Crippen LogP contribution in [0.5, 0.6) is 0 Å². The van der Waals surface area contributed by atoms with Crippen molar-refractivity contribution in [3.63, 3.8) is 0 Å². The van der Waals surface area contributed by atoms with E-state index in [2.05, 4.69) is 5.32 Å². The van der Waals surface area contributed by atoms with Gasteiger partial charge in [-0.1, -0.05) is 32.9 Å². The molecule has 2 aromatic carbocycles. The molecule has 1 aliphatic rings. The van der Waals surface area contributed by atoms with E-state index < -0.39 is 6.09 Å². The van der Waals surface area contributed by atoms with Gasteiger partial charge in [0.15, 0.2) is 6.29 Å². The highest BCUT2D eigenvalue weighted by Crippen LogP contribution is 2.27. The maximum Gasteiger partial charge on any atom is 0.407 e. The van der Waals surface area contributed by atoms with Crippen LogP contribution in [0.2, 0.25) is 0 Å². The van der Waals surface area contributed by atoms with Crippen molar-refractivity contribution >= 4 is 23.4 Å². The van der Waals surface area contributed by atoms with E-state index in [0.717, 1.165) is 24.8 Å². The Balaban J connectivity index is 1.64. The Morgan fingerprint density at radius 2 is 1.82 bits per heavy atom. The third kappa shape index (κ3) is 7.46. The first kappa shape index (κ1) is 25.5. The fourth-order valence-corrected chi connectivity index (χ4v) is 3.68. The minimum atomic E-state index is -1.02. The highest BCUT2D eigenvalue weighted by atomic mass is 16.7. The number of ether oxygens (including phenoxy) is 2. The van der Waals surface area contributed by atoms with Gasteiger partial charge in [-0.3, -0.25) is 4.79 Å². The highest BCUT2D eigenvalue weighted by Gasteiger charge is 2.32. The molecule has 1 fully saturated rings. The van der Waals surface area contributed by atoms with Gasteiger partial charge in [0, 0.05) is 30.1 Å². The van der Waals surface area contributed by atoms with Crippen molar-refractivity contribution in [2.24, 2.45) is 5.41 Å². The van der Waals surface area contributed by atoms with Gasteiger partial charge in [0.1, 0.15) is 0 Å². The van der Waals surface area contributed by atoms with Crippen molar-refractivity contribution < 1.29 is 24.2 Å². The molecule has 34 heavy (non-hydrogen) atoms. The molecule has 4 N–H and O–H groups in total. The van der Waals surface area contributed by atoms with Gasteiger partial charge in [0.05, 0.1) is 12.6 Å². The SMILES string of the molecule is CC(C)(C)C(CN(Cc1ccc(C(=O)Nc2ccc(N)cc2)cc1)C(=O)O)OC1CCCCO1. The fourth-order valence-electron chi connectivity index (χ4n) is 3.68. The van der Waals surface area contributed by atoms with Gasteiger partial charge in [0.2, 0.25) is 0 Å². The summed E-state index contributed by atoms with van der Waals surface area (Å²) in [6, 6.07) is 13.8. The van der Waals surface area contributed by atoms with Crippen LogP contribution in [-0.4, -0.2) is 47.6 Å². The second-order valence-corrected chi connectivity index (χ2v) is 9.72. The normalized spacial score (nSPS) is 17.1. The molecule has 184 valence electrons. The fraction of sp³-hybridized carbons (Fsp3) is 0.462. The summed E-state index contributed by atoms with van der Waals surface area (Å²) in [7, 11) is 0. The molecule has 2 amide bonds. The van der Waals surface area contributed by atoms with Gasteiger partial charge in [0.25, 0.3) is 5.91 Å². The first-order valence-corrected chi connectivity index (χ1v) is 11.6. The average molecular weight is 470 g/mol. The Labute approximate surface area is 201 Å². The van der Waals surface area contributed by atoms with E-state index in [1.54, 1.807) is 48.5 Å². The summed E-state index contributed by atoms with van der Waals surface area (Å²) in [5.74, 6) is -0.250. The van der Waals surface area contributed by atoms with Gasteiger partial charge in [-0.2, -0.15) is 0 Å². The van der Waals surface area contributed by atoms with E-state index in [4.69, 9.17) is 15.2 Å². The largest absolute Gasteiger partial charge is 0.465 e. The smallest absolute Gasteiger partial charge is 0.407 e. The zero-order chi connectivity index (χ0) is 24.7. The van der Waals surface area contributed by atoms with Crippen molar-refractivity contribution in [3.8, 4) is 0 Å². The molecule has 1 heterocycles. The van der Waals surface area contributed by atoms with Gasteiger partial charge >= 0.3 is 6.09 Å². The van der Waals surface area contributed by atoms with Crippen molar-refractivity contribution in [3.05, 3.63) is 59.7 Å². The zero-order valence-electron chi connectivity index (χ0n) is 20.1. The van der Waals surface area contributed by atoms with E-state index in [9.17, 15) is 14.7 Å². The predicted molar refractivity (Wildman–Crippen MR) is 132 cm³/mol. The topological polar surface area (TPSA) is 114 Å². The number of carboxylic acid groups (broad SMARTS) is 1. The second-order valence-electron chi connectivity index (χ2n) is 9.72. The summed E-state index contributed by atoms with van der Waals surface area (Å²) in [4.78, 5) is 25.9. The van der Waals surface area contributed by atoms with Gasteiger partial charge in [-0.05, 0) is 66.6 Å². The molecule has 0 saturated carbocycles. The van der Waals surface area contributed by atoms with E-state index in [1.807, 2.05) is 20.8 Å². The summed E-state index contributed by atoms with van der Waals surface area (Å²) in [5, 5.41) is 12.7. The van der Waals surface area contributed by atoms with Crippen LogP contribution in [0, 0.1) is 5.41 Å². The summed E-state index contributed by atoms with van der Waals surface area (Å²) in [5.41, 5.74) is 7.94. The first-order chi connectivity index (χ1) is 16.1. The minimum Gasteiger partial charge on any atom is -0.465 e. The Bertz CT molecular complexity index is 948. The van der Waals surface area contributed by atoms with E-state index >= 15 is 0 Å². The highest BCUT2D eigenvalue weighted by molar-refractivity contribution is 6.04. The molecule has 8 nitrogen and oxygen atoms in total. The third-order valence-electron chi connectivity index (χ3n) is 5.83. The lowest BCUT2D eigenvalue weighted by molar-refractivity contribution is -0.209. The number of rotatable bonds is 8. The lowest BCUT2D eigenvalue weighted by atomic mass is 9.88. The summed E-state index contributed by atoms with van der Waals surface area (Å²) in [6.45, 7) is 7.19. The number of hydrogen-bond donors (Lipinski definition) is 3. The molecule has 2 unspecified atom stereocenters. The molecule has 2 aromatic rings. The molecule has 1 aliphatic heterocycles. The van der Waals surface area contributed by atoms with Crippen LogP contribution in [0.3, 0.4) is 0 Å². The lowest BCUT2D eigenvalue weighted by Gasteiger charge is -2.37. The number of amides is 2. The summed E-state index contributed by atoms with van der Waals surface area (Å²) >= 11 is 0. The zero-order valence-corrected chi connectivity index (χ0v) is 20.1. The maximum absolute atomic E-state index is 12.5. The van der Waals surface area contributed by atoms with Gasteiger partial charge < -0.3 is 30.5 Å². The quantitative estimate of drug-likeness (QED) is 0.471. The number of nitrogens with zero attached hydrogens (tertiary/aromatic N) is 1. The van der Waals surface area contributed by atoms with Crippen LogP contribution in [0.15, 0.2) is 48.5 Å². The second kappa shape index (κ2) is 11.4. The number of benzene rings is 2. The number of nitrogen functional groups attached to an aromatic ring is 1. The molecule has 0 spiro atoms.